The van der Waals surface area contributed by atoms with Crippen molar-refractivity contribution < 1.29 is 4.79 Å². The van der Waals surface area contributed by atoms with E-state index in [1.54, 1.807) is 11.3 Å². The minimum atomic E-state index is -0.155. The number of amides is 1. The maximum absolute atomic E-state index is 12.1. The Morgan fingerprint density at radius 3 is 2.81 bits per heavy atom. The summed E-state index contributed by atoms with van der Waals surface area (Å²) in [7, 11) is 0. The first-order valence-corrected chi connectivity index (χ1v) is 8.65. The molecule has 114 valence electrons. The smallest absolute Gasteiger partial charge is 0.282 e. The number of nitrogens with zero attached hydrogens (tertiary/aromatic N) is 2. The maximum atomic E-state index is 12.1. The van der Waals surface area contributed by atoms with Gasteiger partial charge in [0.05, 0.1) is 0 Å². The van der Waals surface area contributed by atoms with Gasteiger partial charge in [0.2, 0.25) is 10.1 Å². The van der Waals surface area contributed by atoms with Crippen LogP contribution in [0, 0.1) is 6.92 Å². The van der Waals surface area contributed by atoms with E-state index in [2.05, 4.69) is 46.8 Å². The van der Waals surface area contributed by atoms with E-state index in [-0.39, 0.29) is 11.9 Å². The van der Waals surface area contributed by atoms with Gasteiger partial charge in [-0.3, -0.25) is 4.79 Å². The van der Waals surface area contributed by atoms with E-state index in [1.165, 1.54) is 21.1 Å². The van der Waals surface area contributed by atoms with Crippen LogP contribution in [0.2, 0.25) is 0 Å². The van der Waals surface area contributed by atoms with Gasteiger partial charge in [0, 0.05) is 28.8 Å². The van der Waals surface area contributed by atoms with Crippen molar-refractivity contribution in [1.82, 2.24) is 15.5 Å². The number of carbonyl (C=O) groups excluding carboxylic acids is 1. The second-order valence-corrected chi connectivity index (χ2v) is 7.28. The van der Waals surface area contributed by atoms with Crippen LogP contribution in [0.4, 0.5) is 5.13 Å². The number of nitrogens with one attached hydrogen (secondary N) is 2. The molecule has 0 spiro atoms. The van der Waals surface area contributed by atoms with Crippen LogP contribution >= 0.6 is 22.7 Å². The van der Waals surface area contributed by atoms with Crippen LogP contribution in [0.1, 0.15) is 39.8 Å². The molecule has 0 aliphatic heterocycles. The minimum Gasteiger partial charge on any atom is -0.360 e. The van der Waals surface area contributed by atoms with Crippen molar-refractivity contribution in [2.45, 2.75) is 39.7 Å². The largest absolute Gasteiger partial charge is 0.360 e. The van der Waals surface area contributed by atoms with Crippen LogP contribution in [0.25, 0.3) is 0 Å². The molecule has 0 aromatic carbocycles. The molecule has 2 N–H and O–H groups in total. The quantitative estimate of drug-likeness (QED) is 0.821. The summed E-state index contributed by atoms with van der Waals surface area (Å²) in [5.41, 5.74) is 0. The number of thiophene rings is 1. The van der Waals surface area contributed by atoms with Gasteiger partial charge in [0.25, 0.3) is 5.91 Å². The molecule has 2 aromatic rings. The lowest BCUT2D eigenvalue weighted by Crippen LogP contribution is -2.33. The molecule has 0 saturated heterocycles. The van der Waals surface area contributed by atoms with E-state index in [4.69, 9.17) is 0 Å². The first kappa shape index (κ1) is 15.9. The highest BCUT2D eigenvalue weighted by molar-refractivity contribution is 7.17. The Kier molecular flexibility index (Phi) is 5.69. The third-order valence-corrected chi connectivity index (χ3v) is 4.73. The van der Waals surface area contributed by atoms with E-state index in [0.29, 0.717) is 10.1 Å². The molecule has 1 unspecified atom stereocenters. The second-order valence-electron chi connectivity index (χ2n) is 4.93. The van der Waals surface area contributed by atoms with Gasteiger partial charge in [-0.1, -0.05) is 18.3 Å². The summed E-state index contributed by atoms with van der Waals surface area (Å²) in [5.74, 6) is -0.155. The fraction of sp³-hybridized carbons (Fsp3) is 0.500. The maximum Gasteiger partial charge on any atom is 0.282 e. The number of carbonyl (C=O) groups is 1. The van der Waals surface area contributed by atoms with E-state index < -0.39 is 0 Å². The van der Waals surface area contributed by atoms with Gasteiger partial charge in [-0.15, -0.1) is 21.5 Å². The molecule has 2 rings (SSSR count). The second kappa shape index (κ2) is 7.51. The fourth-order valence-electron chi connectivity index (χ4n) is 1.85. The zero-order valence-corrected chi connectivity index (χ0v) is 14.1. The zero-order valence-electron chi connectivity index (χ0n) is 12.5. The van der Waals surface area contributed by atoms with E-state index in [1.807, 2.05) is 6.92 Å². The van der Waals surface area contributed by atoms with Crippen molar-refractivity contribution in [3.8, 4) is 0 Å². The van der Waals surface area contributed by atoms with Crippen LogP contribution in [0.5, 0.6) is 0 Å². The predicted octanol–water partition coefficient (Wildman–Crippen LogP) is 3.09. The van der Waals surface area contributed by atoms with Crippen LogP contribution in [-0.4, -0.2) is 28.7 Å². The lowest BCUT2D eigenvalue weighted by Gasteiger charge is -2.11. The Morgan fingerprint density at radius 2 is 2.14 bits per heavy atom. The first-order valence-electron chi connectivity index (χ1n) is 7.02. The SMILES string of the molecule is CCCNc1nnc(C(=O)NC(C)Cc2ccc(C)s2)s1. The normalized spacial score (nSPS) is 12.1. The molecular formula is C14H20N4OS2. The van der Waals surface area contributed by atoms with E-state index in [9.17, 15) is 4.79 Å². The van der Waals surface area contributed by atoms with Crippen molar-refractivity contribution in [1.29, 1.82) is 0 Å². The molecule has 5 nitrogen and oxygen atoms in total. The van der Waals surface area contributed by atoms with Crippen molar-refractivity contribution in [3.05, 3.63) is 26.9 Å². The van der Waals surface area contributed by atoms with E-state index in [0.717, 1.165) is 19.4 Å². The molecule has 0 bridgehead atoms. The Hall–Kier alpha value is -1.47. The topological polar surface area (TPSA) is 66.9 Å². The van der Waals surface area contributed by atoms with Gasteiger partial charge in [-0.2, -0.15) is 0 Å². The molecule has 0 saturated carbocycles. The van der Waals surface area contributed by atoms with Gasteiger partial charge < -0.3 is 10.6 Å². The molecule has 0 aliphatic carbocycles. The molecule has 7 heteroatoms. The predicted molar refractivity (Wildman–Crippen MR) is 88.4 cm³/mol. The first-order chi connectivity index (χ1) is 10.1. The summed E-state index contributed by atoms with van der Waals surface area (Å²) in [6.07, 6.45) is 1.85. The molecule has 0 radical (unpaired) electrons. The molecule has 21 heavy (non-hydrogen) atoms. The van der Waals surface area contributed by atoms with Gasteiger partial charge in [-0.25, -0.2) is 0 Å². The number of aromatic nitrogens is 2. The number of hydrogen-bond donors (Lipinski definition) is 2. The molecule has 0 fully saturated rings. The number of rotatable bonds is 7. The highest BCUT2D eigenvalue weighted by atomic mass is 32.1. The van der Waals surface area contributed by atoms with Crippen molar-refractivity contribution in [2.75, 3.05) is 11.9 Å². The van der Waals surface area contributed by atoms with E-state index >= 15 is 0 Å². The van der Waals surface area contributed by atoms with Gasteiger partial charge >= 0.3 is 0 Å². The average Bonchev–Trinajstić information content (AvgIpc) is 3.05. The Balaban J connectivity index is 1.86. The zero-order chi connectivity index (χ0) is 15.2. The van der Waals surface area contributed by atoms with Crippen molar-refractivity contribution in [2.24, 2.45) is 0 Å². The Bertz CT molecular complexity index is 593. The number of anilines is 1. The Labute approximate surface area is 132 Å². The summed E-state index contributed by atoms with van der Waals surface area (Å²) in [6.45, 7) is 7.01. The van der Waals surface area contributed by atoms with Gasteiger partial charge in [-0.05, 0) is 32.4 Å². The lowest BCUT2D eigenvalue weighted by atomic mass is 10.2. The van der Waals surface area contributed by atoms with Gasteiger partial charge in [0.15, 0.2) is 0 Å². The summed E-state index contributed by atoms with van der Waals surface area (Å²) in [4.78, 5) is 14.7. The molecule has 1 atom stereocenters. The standard InChI is InChI=1S/C14H20N4OS2/c1-4-7-15-14-18-17-13(21-14)12(19)16-9(2)8-11-6-5-10(3)20-11/h5-6,9H,4,7-8H2,1-3H3,(H,15,18)(H,16,19). The minimum absolute atomic E-state index is 0.0755. The Morgan fingerprint density at radius 1 is 1.33 bits per heavy atom. The third kappa shape index (κ3) is 4.78. The summed E-state index contributed by atoms with van der Waals surface area (Å²) in [5, 5.41) is 15.1. The average molecular weight is 324 g/mol. The van der Waals surface area contributed by atoms with Crippen LogP contribution in [-0.2, 0) is 6.42 Å². The van der Waals surface area contributed by atoms with Crippen LogP contribution in [0.3, 0.4) is 0 Å². The molecule has 2 aromatic heterocycles. The fourth-order valence-corrected chi connectivity index (χ4v) is 3.54. The molecule has 0 aliphatic rings. The summed E-state index contributed by atoms with van der Waals surface area (Å²) < 4.78 is 0. The van der Waals surface area contributed by atoms with Crippen LogP contribution in [0.15, 0.2) is 12.1 Å². The van der Waals surface area contributed by atoms with Crippen molar-refractivity contribution >= 4 is 33.7 Å². The third-order valence-electron chi connectivity index (χ3n) is 2.83. The highest BCUT2D eigenvalue weighted by Gasteiger charge is 2.15. The molecular weight excluding hydrogens is 304 g/mol. The molecule has 1 amide bonds. The summed E-state index contributed by atoms with van der Waals surface area (Å²) >= 11 is 3.06. The number of aryl methyl sites for hydroxylation is 1. The van der Waals surface area contributed by atoms with Crippen LogP contribution < -0.4 is 10.6 Å². The van der Waals surface area contributed by atoms with Crippen molar-refractivity contribution in [3.63, 3.8) is 0 Å². The number of hydrogen-bond acceptors (Lipinski definition) is 6. The summed E-state index contributed by atoms with van der Waals surface area (Å²) in [6, 6.07) is 4.29. The van der Waals surface area contributed by atoms with Gasteiger partial charge in [0.1, 0.15) is 0 Å². The monoisotopic (exact) mass is 324 g/mol. The lowest BCUT2D eigenvalue weighted by molar-refractivity contribution is 0.0939. The highest BCUT2D eigenvalue weighted by Crippen LogP contribution is 2.18. The molecule has 2 heterocycles.